The summed E-state index contributed by atoms with van der Waals surface area (Å²) in [6.07, 6.45) is -0.351. The molecular formula is C32H32F4N6O. The van der Waals surface area contributed by atoms with Crippen molar-refractivity contribution in [2.45, 2.75) is 26.6 Å². The molecule has 1 aliphatic rings. The van der Waals surface area contributed by atoms with E-state index in [1.54, 1.807) is 6.07 Å². The van der Waals surface area contributed by atoms with Crippen LogP contribution in [0.2, 0.25) is 0 Å². The van der Waals surface area contributed by atoms with Crippen molar-refractivity contribution in [2.24, 2.45) is 0 Å². The molecule has 5 rings (SSSR count). The number of anilines is 2. The second-order valence-corrected chi connectivity index (χ2v) is 9.87. The Hall–Kier alpha value is -4.53. The molecule has 0 atom stereocenters. The fourth-order valence-electron chi connectivity index (χ4n) is 4.60. The smallest absolute Gasteiger partial charge is 0.383 e. The molecule has 3 N–H and O–H groups in total. The van der Waals surface area contributed by atoms with E-state index in [0.717, 1.165) is 19.2 Å². The Morgan fingerprint density at radius 1 is 1.00 bits per heavy atom. The van der Waals surface area contributed by atoms with Gasteiger partial charge in [-0.3, -0.25) is 14.7 Å². The van der Waals surface area contributed by atoms with Crippen molar-refractivity contribution in [3.8, 4) is 11.8 Å². The highest BCUT2D eigenvalue weighted by molar-refractivity contribution is 6.04. The monoisotopic (exact) mass is 592 g/mol. The topological polar surface area (TPSA) is 87.4 Å². The molecule has 1 aliphatic heterocycles. The Morgan fingerprint density at radius 3 is 2.47 bits per heavy atom. The first-order valence-electron chi connectivity index (χ1n) is 13.8. The van der Waals surface area contributed by atoms with Crippen LogP contribution in [-0.2, 0) is 12.7 Å². The number of aromatic nitrogens is 2. The van der Waals surface area contributed by atoms with Crippen LogP contribution < -0.4 is 11.1 Å². The van der Waals surface area contributed by atoms with Gasteiger partial charge in [0.05, 0.1) is 16.7 Å². The molecule has 4 aromatic rings. The molecule has 7 nitrogen and oxygen atoms in total. The minimum Gasteiger partial charge on any atom is -0.383 e. The highest BCUT2D eigenvalue weighted by atomic mass is 19.4. The van der Waals surface area contributed by atoms with Gasteiger partial charge in [0.2, 0.25) is 0 Å². The molecule has 0 saturated carbocycles. The van der Waals surface area contributed by atoms with Gasteiger partial charge in [-0.2, -0.15) is 13.2 Å². The number of likely N-dealkylation sites (N-methyl/N-ethyl adjacent to an activating group) is 1. The number of nitrogens with one attached hydrogen (secondary N) is 1. The summed E-state index contributed by atoms with van der Waals surface area (Å²) in [6, 6.07) is 9.46. The van der Waals surface area contributed by atoms with Crippen molar-refractivity contribution >= 4 is 28.2 Å². The number of hydrogen-bond donors (Lipinski definition) is 2. The third-order valence-corrected chi connectivity index (χ3v) is 6.88. The minimum absolute atomic E-state index is 0.0116. The van der Waals surface area contributed by atoms with Crippen molar-refractivity contribution in [1.82, 2.24) is 19.8 Å². The lowest BCUT2D eigenvalue weighted by molar-refractivity contribution is -0.138. The Balaban J connectivity index is 0.00000207. The van der Waals surface area contributed by atoms with Crippen molar-refractivity contribution in [3.05, 3.63) is 94.7 Å². The number of nitrogens with zero attached hydrogens (tertiary/aromatic N) is 4. The number of rotatable bonds is 4. The zero-order valence-electron chi connectivity index (χ0n) is 24.1. The number of alkyl halides is 3. The highest BCUT2D eigenvalue weighted by Crippen LogP contribution is 2.35. The molecule has 2 aromatic carbocycles. The predicted octanol–water partition coefficient (Wildman–Crippen LogP) is 5.80. The first-order chi connectivity index (χ1) is 20.6. The summed E-state index contributed by atoms with van der Waals surface area (Å²) in [6.45, 7) is 7.11. The number of hydrogen-bond acceptors (Lipinski definition) is 6. The Labute approximate surface area is 247 Å². The van der Waals surface area contributed by atoms with Gasteiger partial charge in [-0.05, 0) is 49.0 Å². The van der Waals surface area contributed by atoms with Crippen LogP contribution in [0.3, 0.4) is 0 Å². The number of nitrogen functional groups attached to an aromatic ring is 1. The third kappa shape index (κ3) is 7.85. The molecule has 11 heteroatoms. The third-order valence-electron chi connectivity index (χ3n) is 6.88. The van der Waals surface area contributed by atoms with Gasteiger partial charge < -0.3 is 16.0 Å². The number of carbonyl (C=O) groups excluding carboxylic acids is 1. The lowest BCUT2D eigenvalue weighted by Crippen LogP contribution is -2.44. The van der Waals surface area contributed by atoms with Crippen molar-refractivity contribution < 1.29 is 22.4 Å². The largest absolute Gasteiger partial charge is 0.416 e. The summed E-state index contributed by atoms with van der Waals surface area (Å²) in [5, 5.41) is 3.67. The van der Waals surface area contributed by atoms with E-state index < -0.39 is 23.5 Å². The SMILES string of the molecule is CC.CN1CCN(Cc2ccc(NC(=O)c3cncc(C#Cc4c(N)ncc5ccc(F)cc45)c3)cc2C(F)(F)F)CC1. The van der Waals surface area contributed by atoms with Gasteiger partial charge in [0.15, 0.2) is 0 Å². The molecule has 1 fully saturated rings. The molecule has 2 aromatic heterocycles. The first kappa shape index (κ1) is 31.4. The van der Waals surface area contributed by atoms with Crippen LogP contribution in [0.25, 0.3) is 10.8 Å². The van der Waals surface area contributed by atoms with E-state index in [4.69, 9.17) is 5.73 Å². The molecule has 224 valence electrons. The number of nitrogens with two attached hydrogens (primary N) is 1. The minimum atomic E-state index is -4.58. The number of fused-ring (bicyclic) bond motifs is 1. The fourth-order valence-corrected chi connectivity index (χ4v) is 4.60. The first-order valence-corrected chi connectivity index (χ1v) is 13.8. The standard InChI is InChI=1S/C30H26F4N6O.C2H6/c1-39-8-10-40(11-9-39)18-21-4-6-24(14-27(21)30(32,33)34)38-29(41)22-12-19(15-36-16-22)2-7-25-26-13-23(31)5-3-20(26)17-37-28(25)35;1-2/h3-6,12-17H,8-11,18H2,1H3,(H2,35,37)(H,38,41);1-2H3. The molecule has 43 heavy (non-hydrogen) atoms. The van der Waals surface area contributed by atoms with Crippen LogP contribution in [0.5, 0.6) is 0 Å². The molecule has 1 saturated heterocycles. The molecule has 0 bridgehead atoms. The van der Waals surface area contributed by atoms with Crippen LogP contribution in [0.4, 0.5) is 29.1 Å². The van der Waals surface area contributed by atoms with Crippen molar-refractivity contribution in [2.75, 3.05) is 44.3 Å². The highest BCUT2D eigenvalue weighted by Gasteiger charge is 2.34. The van der Waals surface area contributed by atoms with Crippen molar-refractivity contribution in [3.63, 3.8) is 0 Å². The van der Waals surface area contributed by atoms with Gasteiger partial charge in [-0.1, -0.05) is 31.8 Å². The number of carbonyl (C=O) groups is 1. The maximum atomic E-state index is 13.9. The van der Waals surface area contributed by atoms with E-state index >= 15 is 0 Å². The molecule has 0 radical (unpaired) electrons. The van der Waals surface area contributed by atoms with E-state index in [2.05, 4.69) is 32.0 Å². The van der Waals surface area contributed by atoms with Gasteiger partial charge in [-0.15, -0.1) is 0 Å². The zero-order valence-corrected chi connectivity index (χ0v) is 24.1. The van der Waals surface area contributed by atoms with E-state index in [9.17, 15) is 22.4 Å². The van der Waals surface area contributed by atoms with Crippen LogP contribution in [0.15, 0.2) is 61.1 Å². The molecule has 0 aliphatic carbocycles. The van der Waals surface area contributed by atoms with E-state index in [0.29, 0.717) is 35.0 Å². The second kappa shape index (κ2) is 13.6. The number of benzene rings is 2. The Morgan fingerprint density at radius 2 is 1.74 bits per heavy atom. The summed E-state index contributed by atoms with van der Waals surface area (Å²) in [7, 11) is 1.98. The number of amides is 1. The second-order valence-electron chi connectivity index (χ2n) is 9.87. The summed E-state index contributed by atoms with van der Waals surface area (Å²) < 4.78 is 55.6. The van der Waals surface area contributed by atoms with Gasteiger partial charge in [-0.25, -0.2) is 9.37 Å². The lowest BCUT2D eigenvalue weighted by Gasteiger charge is -2.33. The average Bonchev–Trinajstić information content (AvgIpc) is 2.99. The van der Waals surface area contributed by atoms with E-state index in [-0.39, 0.29) is 29.2 Å². The predicted molar refractivity (Wildman–Crippen MR) is 160 cm³/mol. The summed E-state index contributed by atoms with van der Waals surface area (Å²) in [4.78, 5) is 25.2. The summed E-state index contributed by atoms with van der Waals surface area (Å²) in [5.74, 6) is 4.76. The number of halogens is 4. The molecule has 0 spiro atoms. The lowest BCUT2D eigenvalue weighted by atomic mass is 10.0. The fraction of sp³-hybridized carbons (Fsp3) is 0.281. The zero-order chi connectivity index (χ0) is 31.1. The van der Waals surface area contributed by atoms with Crippen LogP contribution >= 0.6 is 0 Å². The van der Waals surface area contributed by atoms with Crippen LogP contribution in [0, 0.1) is 17.7 Å². The van der Waals surface area contributed by atoms with E-state index in [1.807, 2.05) is 25.8 Å². The van der Waals surface area contributed by atoms with Gasteiger partial charge in [0.1, 0.15) is 11.6 Å². The van der Waals surface area contributed by atoms with Crippen molar-refractivity contribution in [1.29, 1.82) is 0 Å². The molecule has 0 unspecified atom stereocenters. The summed E-state index contributed by atoms with van der Waals surface area (Å²) >= 11 is 0. The number of piperazine rings is 1. The van der Waals surface area contributed by atoms with Gasteiger partial charge >= 0.3 is 6.18 Å². The van der Waals surface area contributed by atoms with Crippen LogP contribution in [0.1, 0.15) is 46.5 Å². The molecular weight excluding hydrogens is 560 g/mol. The van der Waals surface area contributed by atoms with Gasteiger partial charge in [0.25, 0.3) is 5.91 Å². The average molecular weight is 593 g/mol. The molecule has 1 amide bonds. The normalized spacial score (nSPS) is 13.9. The Kier molecular flexibility index (Phi) is 9.95. The number of pyridine rings is 2. The summed E-state index contributed by atoms with van der Waals surface area (Å²) in [5.41, 5.74) is 6.13. The molecule has 3 heterocycles. The van der Waals surface area contributed by atoms with Gasteiger partial charge in [0, 0.05) is 73.3 Å². The van der Waals surface area contributed by atoms with E-state index in [1.165, 1.54) is 48.9 Å². The van der Waals surface area contributed by atoms with Crippen LogP contribution in [-0.4, -0.2) is 58.9 Å². The quantitative estimate of drug-likeness (QED) is 0.230. The maximum absolute atomic E-state index is 13.9. The maximum Gasteiger partial charge on any atom is 0.416 e. The Bertz CT molecular complexity index is 1670.